The first-order valence-electron chi connectivity index (χ1n) is 4.83. The van der Waals surface area contributed by atoms with Crippen molar-refractivity contribution in [1.82, 2.24) is 0 Å². The molecule has 0 amide bonds. The highest BCUT2D eigenvalue weighted by Gasteiger charge is 2.18. The zero-order valence-electron chi connectivity index (χ0n) is 9.22. The molecule has 98 valence electrons. The Kier molecular flexibility index (Phi) is 5.25. The second-order valence-electron chi connectivity index (χ2n) is 3.52. The lowest BCUT2D eigenvalue weighted by Crippen LogP contribution is -2.05. The van der Waals surface area contributed by atoms with Gasteiger partial charge in [0.05, 0.1) is 21.4 Å². The van der Waals surface area contributed by atoms with Crippen molar-refractivity contribution >= 4 is 46.6 Å². The summed E-state index contributed by atoms with van der Waals surface area (Å²) in [4.78, 5) is 21.0. The molecule has 18 heavy (non-hydrogen) atoms. The number of carbonyl (C=O) groups is 1. The number of rotatable bonds is 5. The number of halogens is 2. The minimum absolute atomic E-state index is 0.0473. The standard InChI is InChI=1S/C10H9Cl2NO4S/c1-5(2-9(14)15)18-10-7(11)3-6(13(16)17)4-8(10)12/h3-5H,2H2,1H3,(H,14,15). The Morgan fingerprint density at radius 1 is 1.50 bits per heavy atom. The summed E-state index contributed by atoms with van der Waals surface area (Å²) >= 11 is 13.0. The molecule has 0 saturated carbocycles. The van der Waals surface area contributed by atoms with Crippen molar-refractivity contribution in [3.05, 3.63) is 32.3 Å². The van der Waals surface area contributed by atoms with Crippen LogP contribution in [0.3, 0.4) is 0 Å². The van der Waals surface area contributed by atoms with Crippen molar-refractivity contribution in [1.29, 1.82) is 0 Å². The predicted octanol–water partition coefficient (Wildman–Crippen LogP) is 3.86. The maximum atomic E-state index is 10.6. The molecule has 1 atom stereocenters. The fourth-order valence-corrected chi connectivity index (χ4v) is 2.97. The van der Waals surface area contributed by atoms with Crippen molar-refractivity contribution in [2.24, 2.45) is 0 Å². The van der Waals surface area contributed by atoms with Gasteiger partial charge in [-0.1, -0.05) is 30.1 Å². The van der Waals surface area contributed by atoms with Crippen LogP contribution in [0, 0.1) is 10.1 Å². The average Bonchev–Trinajstić information content (AvgIpc) is 2.21. The largest absolute Gasteiger partial charge is 0.481 e. The van der Waals surface area contributed by atoms with E-state index < -0.39 is 10.9 Å². The van der Waals surface area contributed by atoms with E-state index >= 15 is 0 Å². The van der Waals surface area contributed by atoms with Gasteiger partial charge in [-0.05, 0) is 0 Å². The van der Waals surface area contributed by atoms with E-state index in [4.69, 9.17) is 28.3 Å². The number of carboxylic acid groups (broad SMARTS) is 1. The smallest absolute Gasteiger partial charge is 0.304 e. The predicted molar refractivity (Wildman–Crippen MR) is 70.7 cm³/mol. The summed E-state index contributed by atoms with van der Waals surface area (Å²) in [6.07, 6.45) is -0.0473. The third kappa shape index (κ3) is 4.04. The molecule has 1 aromatic rings. The van der Waals surface area contributed by atoms with Crippen molar-refractivity contribution in [2.75, 3.05) is 0 Å². The lowest BCUT2D eigenvalue weighted by molar-refractivity contribution is -0.384. The lowest BCUT2D eigenvalue weighted by Gasteiger charge is -2.11. The second-order valence-corrected chi connectivity index (χ2v) is 5.79. The van der Waals surface area contributed by atoms with Gasteiger partial charge in [-0.15, -0.1) is 11.8 Å². The van der Waals surface area contributed by atoms with Crippen molar-refractivity contribution in [3.63, 3.8) is 0 Å². The maximum Gasteiger partial charge on any atom is 0.304 e. The molecule has 0 radical (unpaired) electrons. The number of nitro groups is 1. The van der Waals surface area contributed by atoms with Gasteiger partial charge in [0.15, 0.2) is 0 Å². The first-order valence-corrected chi connectivity index (χ1v) is 6.46. The molecule has 0 aliphatic heterocycles. The maximum absolute atomic E-state index is 10.6. The molecular formula is C10H9Cl2NO4S. The summed E-state index contributed by atoms with van der Waals surface area (Å²) in [6.45, 7) is 1.72. The third-order valence-corrected chi connectivity index (χ3v) is 4.04. The molecule has 1 rings (SSSR count). The van der Waals surface area contributed by atoms with E-state index in [-0.39, 0.29) is 27.4 Å². The second kappa shape index (κ2) is 6.26. The average molecular weight is 310 g/mol. The van der Waals surface area contributed by atoms with Gasteiger partial charge < -0.3 is 5.11 Å². The van der Waals surface area contributed by atoms with Crippen molar-refractivity contribution < 1.29 is 14.8 Å². The summed E-state index contributed by atoms with van der Waals surface area (Å²) in [6, 6.07) is 2.40. The van der Waals surface area contributed by atoms with E-state index in [0.29, 0.717) is 4.90 Å². The number of aliphatic carboxylic acids is 1. The minimum atomic E-state index is -0.927. The quantitative estimate of drug-likeness (QED) is 0.507. The number of non-ortho nitro benzene ring substituents is 1. The van der Waals surface area contributed by atoms with Gasteiger partial charge in [-0.25, -0.2) is 0 Å². The summed E-state index contributed by atoms with van der Waals surface area (Å²) < 4.78 is 0. The van der Waals surface area contributed by atoms with Crippen LogP contribution >= 0.6 is 35.0 Å². The number of benzene rings is 1. The Bertz CT molecular complexity index is 472. The third-order valence-electron chi connectivity index (χ3n) is 1.97. The van der Waals surface area contributed by atoms with E-state index in [2.05, 4.69) is 0 Å². The summed E-state index contributed by atoms with van der Waals surface area (Å²) in [5.74, 6) is -0.927. The molecule has 1 aromatic carbocycles. The molecule has 0 spiro atoms. The molecular weight excluding hydrogens is 301 g/mol. The number of carboxylic acids is 1. The highest BCUT2D eigenvalue weighted by molar-refractivity contribution is 8.00. The van der Waals surface area contributed by atoms with Crippen LogP contribution in [0.2, 0.25) is 10.0 Å². The molecule has 0 aliphatic carbocycles. The Morgan fingerprint density at radius 3 is 2.39 bits per heavy atom. The number of thioether (sulfide) groups is 1. The molecule has 0 bridgehead atoms. The van der Waals surface area contributed by atoms with Crippen LogP contribution in [0.1, 0.15) is 13.3 Å². The monoisotopic (exact) mass is 309 g/mol. The van der Waals surface area contributed by atoms with E-state index in [0.717, 1.165) is 0 Å². The summed E-state index contributed by atoms with van der Waals surface area (Å²) in [5.41, 5.74) is -0.194. The Morgan fingerprint density at radius 2 is 2.00 bits per heavy atom. The number of nitrogens with zero attached hydrogens (tertiary/aromatic N) is 1. The molecule has 5 nitrogen and oxygen atoms in total. The molecule has 1 N–H and O–H groups in total. The number of nitro benzene ring substituents is 1. The van der Waals surface area contributed by atoms with Crippen LogP contribution in [0.5, 0.6) is 0 Å². The molecule has 0 fully saturated rings. The van der Waals surface area contributed by atoms with Crippen molar-refractivity contribution in [2.45, 2.75) is 23.5 Å². The van der Waals surface area contributed by atoms with Gasteiger partial charge in [0.2, 0.25) is 0 Å². The van der Waals surface area contributed by atoms with Gasteiger partial charge in [0.1, 0.15) is 0 Å². The Hall–Kier alpha value is -0.980. The molecule has 0 aromatic heterocycles. The van der Waals surface area contributed by atoms with Gasteiger partial charge in [-0.2, -0.15) is 0 Å². The van der Waals surface area contributed by atoms with E-state index in [1.807, 2.05) is 0 Å². The minimum Gasteiger partial charge on any atom is -0.481 e. The van der Waals surface area contributed by atoms with Gasteiger partial charge >= 0.3 is 5.97 Å². The first-order chi connectivity index (χ1) is 8.31. The molecule has 0 heterocycles. The van der Waals surface area contributed by atoms with Crippen LogP contribution in [0.25, 0.3) is 0 Å². The van der Waals surface area contributed by atoms with Crippen LogP contribution < -0.4 is 0 Å². The van der Waals surface area contributed by atoms with Crippen LogP contribution in [0.4, 0.5) is 5.69 Å². The summed E-state index contributed by atoms with van der Waals surface area (Å²) in [7, 11) is 0. The Balaban J connectivity index is 2.96. The fraction of sp³-hybridized carbons (Fsp3) is 0.300. The molecule has 0 saturated heterocycles. The first kappa shape index (κ1) is 15.1. The van der Waals surface area contributed by atoms with Gasteiger partial charge in [0, 0.05) is 22.3 Å². The van der Waals surface area contributed by atoms with Crippen molar-refractivity contribution in [3.8, 4) is 0 Å². The zero-order chi connectivity index (χ0) is 13.9. The number of hydrogen-bond acceptors (Lipinski definition) is 4. The van der Waals surface area contributed by atoms with E-state index in [1.165, 1.54) is 23.9 Å². The van der Waals surface area contributed by atoms with Gasteiger partial charge in [0.25, 0.3) is 5.69 Å². The molecule has 1 unspecified atom stereocenters. The number of hydrogen-bond donors (Lipinski definition) is 1. The summed E-state index contributed by atoms with van der Waals surface area (Å²) in [5, 5.41) is 19.3. The Labute approximate surface area is 117 Å². The van der Waals surface area contributed by atoms with Crippen LogP contribution in [-0.4, -0.2) is 21.2 Å². The molecule has 0 aliphatic rings. The highest BCUT2D eigenvalue weighted by atomic mass is 35.5. The molecule has 8 heteroatoms. The SMILES string of the molecule is CC(CC(=O)O)Sc1c(Cl)cc([N+](=O)[O-])cc1Cl. The van der Waals surface area contributed by atoms with Crippen LogP contribution in [-0.2, 0) is 4.79 Å². The van der Waals surface area contributed by atoms with E-state index in [1.54, 1.807) is 6.92 Å². The topological polar surface area (TPSA) is 80.4 Å². The van der Waals surface area contributed by atoms with Gasteiger partial charge in [-0.3, -0.25) is 14.9 Å². The highest BCUT2D eigenvalue weighted by Crippen LogP contribution is 2.39. The normalized spacial score (nSPS) is 12.2. The van der Waals surface area contributed by atoms with Crippen LogP contribution in [0.15, 0.2) is 17.0 Å². The zero-order valence-corrected chi connectivity index (χ0v) is 11.6. The fourth-order valence-electron chi connectivity index (χ4n) is 1.25. The lowest BCUT2D eigenvalue weighted by atomic mass is 10.3. The van der Waals surface area contributed by atoms with E-state index in [9.17, 15) is 14.9 Å².